The van der Waals surface area contributed by atoms with Gasteiger partial charge in [-0.2, -0.15) is 0 Å². The molecular weight excluding hydrogens is 346 g/mol. The number of anilines is 2. The summed E-state index contributed by atoms with van der Waals surface area (Å²) < 4.78 is 1.56. The summed E-state index contributed by atoms with van der Waals surface area (Å²) in [7, 11) is 0. The Hall–Kier alpha value is -2.58. The van der Waals surface area contributed by atoms with Crippen LogP contribution in [0, 0.1) is 5.92 Å². The van der Waals surface area contributed by atoms with E-state index in [4.69, 9.17) is 17.3 Å². The highest BCUT2D eigenvalue weighted by atomic mass is 35.5. The molecule has 0 saturated heterocycles. The first-order valence-corrected chi connectivity index (χ1v) is 8.21. The van der Waals surface area contributed by atoms with Crippen molar-refractivity contribution >= 4 is 35.1 Å². The van der Waals surface area contributed by atoms with Gasteiger partial charge in [0.05, 0.1) is 0 Å². The van der Waals surface area contributed by atoms with E-state index in [1.54, 1.807) is 22.8 Å². The topological polar surface area (TPSA) is 122 Å². The molecule has 0 spiro atoms. The normalized spacial score (nSPS) is 13.5. The maximum Gasteiger partial charge on any atom is 0.372 e. The number of rotatable bonds is 6. The van der Waals surface area contributed by atoms with Gasteiger partial charge in [-0.05, 0) is 42.5 Å². The zero-order chi connectivity index (χ0) is 18.0. The molecule has 0 aliphatic heterocycles. The number of carbonyl (C=O) groups excluding carboxylic acids is 1. The van der Waals surface area contributed by atoms with Crippen LogP contribution in [0.5, 0.6) is 0 Å². The number of carboxylic acid groups (broad SMARTS) is 1. The third kappa shape index (κ3) is 4.28. The van der Waals surface area contributed by atoms with E-state index in [9.17, 15) is 14.7 Å². The fourth-order valence-corrected chi connectivity index (χ4v) is 2.68. The Kier molecular flexibility index (Phi) is 4.91. The molecule has 2 amide bonds. The van der Waals surface area contributed by atoms with Crippen LogP contribution < -0.4 is 16.4 Å². The number of aromatic carboxylic acids is 1. The second-order valence-electron chi connectivity index (χ2n) is 5.94. The van der Waals surface area contributed by atoms with Crippen LogP contribution in [-0.2, 0) is 13.1 Å². The number of nitrogens with one attached hydrogen (secondary N) is 2. The van der Waals surface area contributed by atoms with E-state index >= 15 is 0 Å². The molecule has 25 heavy (non-hydrogen) atoms. The van der Waals surface area contributed by atoms with Gasteiger partial charge in [0.25, 0.3) is 0 Å². The van der Waals surface area contributed by atoms with E-state index < -0.39 is 12.0 Å². The smallest absolute Gasteiger partial charge is 0.372 e. The Morgan fingerprint density at radius 3 is 2.76 bits per heavy atom. The number of urea groups is 1. The molecule has 5 N–H and O–H groups in total. The van der Waals surface area contributed by atoms with Gasteiger partial charge in [-0.25, -0.2) is 14.6 Å². The monoisotopic (exact) mass is 363 g/mol. The number of amides is 2. The fourth-order valence-electron chi connectivity index (χ4n) is 2.49. The van der Waals surface area contributed by atoms with Gasteiger partial charge in [-0.15, -0.1) is 0 Å². The average molecular weight is 364 g/mol. The molecular formula is C16H18ClN5O3. The van der Waals surface area contributed by atoms with Gasteiger partial charge < -0.3 is 20.7 Å². The van der Waals surface area contributed by atoms with E-state index in [-0.39, 0.29) is 18.2 Å². The highest BCUT2D eigenvalue weighted by Gasteiger charge is 2.25. The van der Waals surface area contributed by atoms with Crippen molar-refractivity contribution in [1.29, 1.82) is 0 Å². The summed E-state index contributed by atoms with van der Waals surface area (Å²) in [6.45, 7) is 0.807. The van der Waals surface area contributed by atoms with E-state index in [1.165, 1.54) is 6.20 Å². The summed E-state index contributed by atoms with van der Waals surface area (Å²) >= 11 is 5.91. The molecule has 1 aromatic carbocycles. The minimum atomic E-state index is -1.13. The van der Waals surface area contributed by atoms with E-state index in [0.29, 0.717) is 28.7 Å². The second-order valence-corrected chi connectivity index (χ2v) is 6.37. The second kappa shape index (κ2) is 7.12. The maximum atomic E-state index is 12.2. The molecule has 9 heteroatoms. The van der Waals surface area contributed by atoms with Crippen LogP contribution >= 0.6 is 11.6 Å². The Morgan fingerprint density at radius 2 is 2.12 bits per heavy atom. The summed E-state index contributed by atoms with van der Waals surface area (Å²) in [6, 6.07) is 4.43. The predicted molar refractivity (Wildman–Crippen MR) is 93.9 cm³/mol. The van der Waals surface area contributed by atoms with Crippen molar-refractivity contribution in [2.24, 2.45) is 11.7 Å². The van der Waals surface area contributed by atoms with E-state index in [1.807, 2.05) is 0 Å². The molecule has 0 unspecified atom stereocenters. The van der Waals surface area contributed by atoms with Crippen LogP contribution in [0.4, 0.5) is 16.3 Å². The minimum Gasteiger partial charge on any atom is -0.475 e. The van der Waals surface area contributed by atoms with Crippen LogP contribution in [0.3, 0.4) is 0 Å². The SMILES string of the molecule is NCc1cc(Cl)ccc1NC(=O)Nc1cn(CC2CC2)c(C(=O)O)n1. The molecule has 0 radical (unpaired) electrons. The number of nitrogens with zero attached hydrogens (tertiary/aromatic N) is 2. The van der Waals surface area contributed by atoms with E-state index in [0.717, 1.165) is 12.8 Å². The third-order valence-corrected chi connectivity index (χ3v) is 4.13. The van der Waals surface area contributed by atoms with Crippen LogP contribution in [0.15, 0.2) is 24.4 Å². The zero-order valence-electron chi connectivity index (χ0n) is 13.3. The molecule has 1 saturated carbocycles. The molecule has 132 valence electrons. The molecule has 2 aromatic rings. The number of carbonyl (C=O) groups is 2. The molecule has 0 atom stereocenters. The lowest BCUT2D eigenvalue weighted by Crippen LogP contribution is -2.21. The van der Waals surface area contributed by atoms with Crippen molar-refractivity contribution in [3.63, 3.8) is 0 Å². The summed E-state index contributed by atoms with van der Waals surface area (Å²) in [5.74, 6) is -0.553. The lowest BCUT2D eigenvalue weighted by molar-refractivity contribution is 0.0677. The van der Waals surface area contributed by atoms with Gasteiger partial charge in [-0.3, -0.25) is 5.32 Å². The van der Waals surface area contributed by atoms with Crippen LogP contribution in [0.25, 0.3) is 0 Å². The zero-order valence-corrected chi connectivity index (χ0v) is 14.1. The first-order chi connectivity index (χ1) is 12.0. The predicted octanol–water partition coefficient (Wildman–Crippen LogP) is 2.75. The van der Waals surface area contributed by atoms with Crippen molar-refractivity contribution in [3.05, 3.63) is 40.8 Å². The van der Waals surface area contributed by atoms with E-state index in [2.05, 4.69) is 15.6 Å². The van der Waals surface area contributed by atoms with Crippen LogP contribution in [0.2, 0.25) is 5.02 Å². The Balaban J connectivity index is 1.71. The molecule has 1 aliphatic rings. The summed E-state index contributed by atoms with van der Waals surface area (Å²) in [6.07, 6.45) is 3.70. The Labute approximate surface area is 149 Å². The average Bonchev–Trinajstić information content (AvgIpc) is 3.28. The largest absolute Gasteiger partial charge is 0.475 e. The third-order valence-electron chi connectivity index (χ3n) is 3.90. The van der Waals surface area contributed by atoms with Crippen molar-refractivity contribution < 1.29 is 14.7 Å². The van der Waals surface area contributed by atoms with Crippen molar-refractivity contribution in [1.82, 2.24) is 9.55 Å². The molecule has 8 nitrogen and oxygen atoms in total. The number of imidazole rings is 1. The summed E-state index contributed by atoms with van der Waals surface area (Å²) in [5, 5.41) is 15.0. The summed E-state index contributed by atoms with van der Waals surface area (Å²) in [4.78, 5) is 27.4. The quantitative estimate of drug-likeness (QED) is 0.628. The number of nitrogens with two attached hydrogens (primary N) is 1. The van der Waals surface area contributed by atoms with Gasteiger partial charge in [0.15, 0.2) is 5.82 Å². The first kappa shape index (κ1) is 17.2. The molecule has 1 aromatic heterocycles. The molecule has 0 bridgehead atoms. The molecule has 1 fully saturated rings. The van der Waals surface area contributed by atoms with Gasteiger partial charge >= 0.3 is 12.0 Å². The van der Waals surface area contributed by atoms with Gasteiger partial charge in [0.1, 0.15) is 0 Å². The minimum absolute atomic E-state index is 0.0867. The molecule has 1 aliphatic carbocycles. The Bertz CT molecular complexity index is 816. The molecule has 3 rings (SSSR count). The highest BCUT2D eigenvalue weighted by molar-refractivity contribution is 6.30. The number of hydrogen-bond acceptors (Lipinski definition) is 4. The first-order valence-electron chi connectivity index (χ1n) is 7.83. The van der Waals surface area contributed by atoms with Crippen molar-refractivity contribution in [3.8, 4) is 0 Å². The van der Waals surface area contributed by atoms with Crippen molar-refractivity contribution in [2.75, 3.05) is 10.6 Å². The lowest BCUT2D eigenvalue weighted by atomic mass is 10.2. The van der Waals surface area contributed by atoms with Crippen molar-refractivity contribution in [2.45, 2.75) is 25.9 Å². The maximum absolute atomic E-state index is 12.2. The number of halogens is 1. The van der Waals surface area contributed by atoms with Gasteiger partial charge in [-0.1, -0.05) is 11.6 Å². The van der Waals surface area contributed by atoms with Gasteiger partial charge in [0.2, 0.25) is 5.82 Å². The molecule has 1 heterocycles. The summed E-state index contributed by atoms with van der Waals surface area (Å²) in [5.41, 5.74) is 6.86. The highest BCUT2D eigenvalue weighted by Crippen LogP contribution is 2.31. The lowest BCUT2D eigenvalue weighted by Gasteiger charge is -2.10. The van der Waals surface area contributed by atoms with Gasteiger partial charge in [0, 0.05) is 30.0 Å². The van der Waals surface area contributed by atoms with Crippen LogP contribution in [-0.4, -0.2) is 26.7 Å². The number of carboxylic acids is 1. The van der Waals surface area contributed by atoms with Crippen LogP contribution in [0.1, 0.15) is 29.0 Å². The fraction of sp³-hybridized carbons (Fsp3) is 0.312. The number of aromatic nitrogens is 2. The Morgan fingerprint density at radius 1 is 1.36 bits per heavy atom. The number of hydrogen-bond donors (Lipinski definition) is 4. The standard InChI is InChI=1S/C16H18ClN5O3/c17-11-3-4-12(10(5-11)6-18)19-16(25)21-13-8-22(7-9-1-2-9)14(20-13)15(23)24/h3-5,8-9H,1-2,6-7,18H2,(H,23,24)(H2,19,21,25). The number of benzene rings is 1.